The Morgan fingerprint density at radius 3 is 2.79 bits per heavy atom. The number of aryl methyl sites for hydroxylation is 1. The van der Waals surface area contributed by atoms with Crippen LogP contribution in [0, 0.1) is 18.3 Å². The maximum Gasteiger partial charge on any atom is 0.210 e. The van der Waals surface area contributed by atoms with Gasteiger partial charge < -0.3 is 4.42 Å². The van der Waals surface area contributed by atoms with Gasteiger partial charge in [-0.2, -0.15) is 5.26 Å². The van der Waals surface area contributed by atoms with E-state index in [1.807, 2.05) is 6.07 Å². The van der Waals surface area contributed by atoms with E-state index in [2.05, 4.69) is 0 Å². The van der Waals surface area contributed by atoms with Crippen molar-refractivity contribution in [1.29, 1.82) is 5.26 Å². The predicted molar refractivity (Wildman–Crippen MR) is 51.9 cm³/mol. The average Bonchev–Trinajstić information content (AvgIpc) is 2.18. The molecule has 2 rings (SSSR count). The molecule has 14 heavy (non-hydrogen) atoms. The fourth-order valence-corrected chi connectivity index (χ4v) is 1.38. The van der Waals surface area contributed by atoms with Gasteiger partial charge in [-0.1, -0.05) is 12.1 Å². The normalized spacial score (nSPS) is 10.0. The van der Waals surface area contributed by atoms with Gasteiger partial charge in [-0.3, -0.25) is 4.79 Å². The van der Waals surface area contributed by atoms with E-state index in [-0.39, 0.29) is 11.0 Å². The zero-order chi connectivity index (χ0) is 10.1. The predicted octanol–water partition coefficient (Wildman–Crippen LogP) is 1.97. The lowest BCUT2D eigenvalue weighted by atomic mass is 10.1. The number of rotatable bonds is 0. The van der Waals surface area contributed by atoms with Crippen LogP contribution in [0.5, 0.6) is 0 Å². The monoisotopic (exact) mass is 185 g/mol. The minimum atomic E-state index is -0.258. The molecule has 0 amide bonds. The van der Waals surface area contributed by atoms with Crippen LogP contribution in [0.1, 0.15) is 11.3 Å². The first kappa shape index (κ1) is 8.52. The molecule has 0 bridgehead atoms. The molecule has 1 aromatic carbocycles. The molecule has 0 aliphatic rings. The topological polar surface area (TPSA) is 54.0 Å². The van der Waals surface area contributed by atoms with E-state index in [0.29, 0.717) is 16.7 Å². The average molecular weight is 185 g/mol. The zero-order valence-corrected chi connectivity index (χ0v) is 7.57. The van der Waals surface area contributed by atoms with Crippen LogP contribution in [0.3, 0.4) is 0 Å². The van der Waals surface area contributed by atoms with Crippen molar-refractivity contribution in [1.82, 2.24) is 0 Å². The van der Waals surface area contributed by atoms with E-state index in [9.17, 15) is 4.79 Å². The summed E-state index contributed by atoms with van der Waals surface area (Å²) in [5.74, 6) is 0.371. The minimum absolute atomic E-state index is 0.0868. The Kier molecular flexibility index (Phi) is 1.83. The maximum atomic E-state index is 11.7. The molecule has 1 heterocycles. The zero-order valence-electron chi connectivity index (χ0n) is 7.57. The number of nitrogens with zero attached hydrogens (tertiary/aromatic N) is 1. The van der Waals surface area contributed by atoms with Crippen LogP contribution in [-0.2, 0) is 0 Å². The fourth-order valence-electron chi connectivity index (χ4n) is 1.38. The SMILES string of the molecule is Cc1oc2ccccc2c(=O)c1C#N. The minimum Gasteiger partial charge on any atom is -0.460 e. The van der Waals surface area contributed by atoms with E-state index < -0.39 is 0 Å². The van der Waals surface area contributed by atoms with Crippen LogP contribution in [0.2, 0.25) is 0 Å². The molecule has 1 aromatic heterocycles. The smallest absolute Gasteiger partial charge is 0.210 e. The van der Waals surface area contributed by atoms with Gasteiger partial charge in [-0.25, -0.2) is 0 Å². The number of nitriles is 1. The highest BCUT2D eigenvalue weighted by atomic mass is 16.3. The molecule has 3 nitrogen and oxygen atoms in total. The summed E-state index contributed by atoms with van der Waals surface area (Å²) in [6.07, 6.45) is 0. The van der Waals surface area contributed by atoms with Gasteiger partial charge in [0.15, 0.2) is 0 Å². The molecular formula is C11H7NO2. The molecule has 2 aromatic rings. The van der Waals surface area contributed by atoms with Crippen LogP contribution in [-0.4, -0.2) is 0 Å². The van der Waals surface area contributed by atoms with Gasteiger partial charge in [0.1, 0.15) is 23.0 Å². The van der Waals surface area contributed by atoms with Crippen LogP contribution in [0.15, 0.2) is 33.5 Å². The van der Waals surface area contributed by atoms with Crippen molar-refractivity contribution in [2.75, 3.05) is 0 Å². The molecule has 0 aliphatic carbocycles. The molecule has 0 saturated carbocycles. The number of hydrogen-bond donors (Lipinski definition) is 0. The molecule has 0 spiro atoms. The summed E-state index contributed by atoms with van der Waals surface area (Å²) in [5, 5.41) is 9.20. The third-order valence-electron chi connectivity index (χ3n) is 2.09. The lowest BCUT2D eigenvalue weighted by Gasteiger charge is -1.99. The molecule has 0 saturated heterocycles. The Morgan fingerprint density at radius 1 is 1.36 bits per heavy atom. The Labute approximate surface area is 80.2 Å². The summed E-state index contributed by atoms with van der Waals surface area (Å²) in [6, 6.07) is 8.75. The van der Waals surface area contributed by atoms with Crippen molar-refractivity contribution >= 4 is 11.0 Å². The molecule has 0 atom stereocenters. The first-order chi connectivity index (χ1) is 6.74. The van der Waals surface area contributed by atoms with Crippen molar-refractivity contribution in [3.8, 4) is 6.07 Å². The van der Waals surface area contributed by atoms with Crippen molar-refractivity contribution in [3.63, 3.8) is 0 Å². The fraction of sp³-hybridized carbons (Fsp3) is 0.0909. The maximum absolute atomic E-state index is 11.7. The quantitative estimate of drug-likeness (QED) is 0.630. The van der Waals surface area contributed by atoms with Crippen LogP contribution in [0.4, 0.5) is 0 Å². The van der Waals surface area contributed by atoms with Gasteiger partial charge >= 0.3 is 0 Å². The first-order valence-corrected chi connectivity index (χ1v) is 4.16. The van der Waals surface area contributed by atoms with Gasteiger partial charge in [-0.05, 0) is 19.1 Å². The van der Waals surface area contributed by atoms with Gasteiger partial charge in [0, 0.05) is 0 Å². The lowest BCUT2D eigenvalue weighted by Crippen LogP contribution is -2.07. The number of hydrogen-bond acceptors (Lipinski definition) is 3. The highest BCUT2D eigenvalue weighted by Crippen LogP contribution is 2.13. The summed E-state index contributed by atoms with van der Waals surface area (Å²) >= 11 is 0. The molecular weight excluding hydrogens is 178 g/mol. The summed E-state index contributed by atoms with van der Waals surface area (Å²) in [5.41, 5.74) is 0.351. The van der Waals surface area contributed by atoms with Gasteiger partial charge in [0.25, 0.3) is 0 Å². The standard InChI is InChI=1S/C11H7NO2/c1-7-9(6-12)11(13)8-4-2-3-5-10(8)14-7/h2-5H,1H3. The van der Waals surface area contributed by atoms with Crippen molar-refractivity contribution in [2.45, 2.75) is 6.92 Å². The Balaban J connectivity index is 3.03. The molecule has 68 valence electrons. The summed E-state index contributed by atoms with van der Waals surface area (Å²) in [4.78, 5) is 11.7. The summed E-state index contributed by atoms with van der Waals surface area (Å²) in [6.45, 7) is 1.62. The van der Waals surface area contributed by atoms with Crippen molar-refractivity contribution in [2.24, 2.45) is 0 Å². The highest BCUT2D eigenvalue weighted by molar-refractivity contribution is 5.77. The second kappa shape index (κ2) is 3.00. The van der Waals surface area contributed by atoms with Gasteiger partial charge in [0.2, 0.25) is 5.43 Å². The molecule has 0 N–H and O–H groups in total. The van der Waals surface area contributed by atoms with Gasteiger partial charge in [-0.15, -0.1) is 0 Å². The number of para-hydroxylation sites is 1. The Hall–Kier alpha value is -2.08. The number of fused-ring (bicyclic) bond motifs is 1. The van der Waals surface area contributed by atoms with E-state index in [1.54, 1.807) is 31.2 Å². The molecule has 0 unspecified atom stereocenters. The van der Waals surface area contributed by atoms with Crippen LogP contribution < -0.4 is 5.43 Å². The molecule has 0 aliphatic heterocycles. The highest BCUT2D eigenvalue weighted by Gasteiger charge is 2.09. The molecule has 0 radical (unpaired) electrons. The van der Waals surface area contributed by atoms with Crippen molar-refractivity contribution in [3.05, 3.63) is 45.8 Å². The Bertz CT molecular complexity index is 590. The summed E-state index contributed by atoms with van der Waals surface area (Å²) < 4.78 is 5.34. The number of benzene rings is 1. The third kappa shape index (κ3) is 1.09. The first-order valence-electron chi connectivity index (χ1n) is 4.16. The van der Waals surface area contributed by atoms with Gasteiger partial charge in [0.05, 0.1) is 5.39 Å². The molecule has 3 heteroatoms. The molecule has 0 fully saturated rings. The van der Waals surface area contributed by atoms with Crippen LogP contribution in [0.25, 0.3) is 11.0 Å². The van der Waals surface area contributed by atoms with E-state index in [0.717, 1.165) is 0 Å². The van der Waals surface area contributed by atoms with Crippen molar-refractivity contribution < 1.29 is 4.42 Å². The lowest BCUT2D eigenvalue weighted by molar-refractivity contribution is 0.562. The largest absolute Gasteiger partial charge is 0.460 e. The van der Waals surface area contributed by atoms with E-state index >= 15 is 0 Å². The van der Waals surface area contributed by atoms with E-state index in [4.69, 9.17) is 9.68 Å². The Morgan fingerprint density at radius 2 is 2.07 bits per heavy atom. The second-order valence-corrected chi connectivity index (χ2v) is 2.97. The second-order valence-electron chi connectivity index (χ2n) is 2.97. The third-order valence-corrected chi connectivity index (χ3v) is 2.09. The summed E-state index contributed by atoms with van der Waals surface area (Å²) in [7, 11) is 0. The van der Waals surface area contributed by atoms with E-state index in [1.165, 1.54) is 0 Å². The van der Waals surface area contributed by atoms with Crippen LogP contribution >= 0.6 is 0 Å².